The van der Waals surface area contributed by atoms with Gasteiger partial charge in [-0.3, -0.25) is 4.90 Å². The minimum Gasteiger partial charge on any atom is -0.394 e. The van der Waals surface area contributed by atoms with Crippen LogP contribution in [0, 0.1) is 0 Å². The second-order valence-electron chi connectivity index (χ2n) is 6.56. The number of nitrogens with two attached hydrogens (primary N) is 1. The van der Waals surface area contributed by atoms with Gasteiger partial charge in [0.05, 0.1) is 12.1 Å². The molecular formula is C17H27N3O. The summed E-state index contributed by atoms with van der Waals surface area (Å²) < 4.78 is 0. The van der Waals surface area contributed by atoms with Crippen molar-refractivity contribution in [3.8, 4) is 0 Å². The number of fused-ring (bicyclic) bond motifs is 1. The van der Waals surface area contributed by atoms with E-state index in [1.807, 2.05) is 30.3 Å². The first-order valence-corrected chi connectivity index (χ1v) is 8.13. The summed E-state index contributed by atoms with van der Waals surface area (Å²) >= 11 is 0. The lowest BCUT2D eigenvalue weighted by molar-refractivity contribution is 0.0899. The summed E-state index contributed by atoms with van der Waals surface area (Å²) in [5, 5.41) is 9.77. The Balaban J connectivity index is 1.58. The first-order valence-electron chi connectivity index (χ1n) is 8.13. The molecule has 0 radical (unpaired) electrons. The average molecular weight is 289 g/mol. The predicted molar refractivity (Wildman–Crippen MR) is 85.0 cm³/mol. The Labute approximate surface area is 127 Å². The van der Waals surface area contributed by atoms with E-state index in [2.05, 4.69) is 9.80 Å². The van der Waals surface area contributed by atoms with Gasteiger partial charge in [0.25, 0.3) is 0 Å². The largest absolute Gasteiger partial charge is 0.394 e. The molecular weight excluding hydrogens is 262 g/mol. The Morgan fingerprint density at radius 3 is 2.76 bits per heavy atom. The van der Waals surface area contributed by atoms with Gasteiger partial charge in [0.2, 0.25) is 0 Å². The molecule has 2 unspecified atom stereocenters. The van der Waals surface area contributed by atoms with E-state index in [4.69, 9.17) is 5.73 Å². The highest BCUT2D eigenvalue weighted by Crippen LogP contribution is 2.25. The van der Waals surface area contributed by atoms with E-state index in [9.17, 15) is 5.11 Å². The number of hydrogen-bond donors (Lipinski definition) is 2. The van der Waals surface area contributed by atoms with E-state index in [-0.39, 0.29) is 6.61 Å². The maximum atomic E-state index is 9.77. The predicted octanol–water partition coefficient (Wildman–Crippen LogP) is 1.00. The molecule has 0 spiro atoms. The Morgan fingerprint density at radius 2 is 2.00 bits per heavy atom. The molecule has 3 rings (SSSR count). The highest BCUT2D eigenvalue weighted by Gasteiger charge is 2.32. The van der Waals surface area contributed by atoms with Crippen molar-refractivity contribution in [2.45, 2.75) is 30.8 Å². The molecule has 2 heterocycles. The molecule has 2 fully saturated rings. The minimum absolute atomic E-state index is 0.000404. The number of nitrogens with zero attached hydrogens (tertiary/aromatic N) is 2. The van der Waals surface area contributed by atoms with E-state index in [1.54, 1.807) is 0 Å². The Kier molecular flexibility index (Phi) is 4.60. The van der Waals surface area contributed by atoms with Crippen LogP contribution in [0.1, 0.15) is 24.8 Å². The fourth-order valence-corrected chi connectivity index (χ4v) is 3.70. The van der Waals surface area contributed by atoms with Crippen LogP contribution in [0.4, 0.5) is 0 Å². The molecule has 0 saturated carbocycles. The third-order valence-corrected chi connectivity index (χ3v) is 5.18. The summed E-state index contributed by atoms with van der Waals surface area (Å²) in [6.45, 7) is 5.73. The number of aliphatic hydroxyl groups excluding tert-OH is 1. The Bertz CT molecular complexity index is 453. The zero-order valence-electron chi connectivity index (χ0n) is 12.7. The number of rotatable bonds is 5. The monoisotopic (exact) mass is 289 g/mol. The Morgan fingerprint density at radius 1 is 1.19 bits per heavy atom. The highest BCUT2D eigenvalue weighted by molar-refractivity contribution is 5.24. The van der Waals surface area contributed by atoms with E-state index < -0.39 is 5.54 Å². The number of piperazine rings is 1. The summed E-state index contributed by atoms with van der Waals surface area (Å²) in [5.74, 6) is 0. The topological polar surface area (TPSA) is 52.7 Å². The molecule has 3 N–H and O–H groups in total. The van der Waals surface area contributed by atoms with Crippen LogP contribution in [-0.2, 0) is 5.54 Å². The average Bonchev–Trinajstić information content (AvgIpc) is 3.01. The molecule has 116 valence electrons. The smallest absolute Gasteiger partial charge is 0.0656 e. The van der Waals surface area contributed by atoms with Gasteiger partial charge in [0.1, 0.15) is 0 Å². The van der Waals surface area contributed by atoms with Crippen molar-refractivity contribution >= 4 is 0 Å². The summed E-state index contributed by atoms with van der Waals surface area (Å²) in [6, 6.07) is 10.8. The molecule has 0 aromatic heterocycles. The molecule has 1 aromatic rings. The molecule has 4 heteroatoms. The van der Waals surface area contributed by atoms with Crippen molar-refractivity contribution in [3.05, 3.63) is 35.9 Å². The fraction of sp³-hybridized carbons (Fsp3) is 0.647. The number of hydrogen-bond acceptors (Lipinski definition) is 4. The third-order valence-electron chi connectivity index (χ3n) is 5.18. The number of aliphatic hydroxyl groups is 1. The molecule has 2 aliphatic rings. The lowest BCUT2D eigenvalue weighted by Gasteiger charge is -2.39. The van der Waals surface area contributed by atoms with Crippen LogP contribution in [0.2, 0.25) is 0 Å². The van der Waals surface area contributed by atoms with Crippen LogP contribution in [0.3, 0.4) is 0 Å². The first-order chi connectivity index (χ1) is 10.2. The summed E-state index contributed by atoms with van der Waals surface area (Å²) in [5.41, 5.74) is 6.87. The van der Waals surface area contributed by atoms with Gasteiger partial charge in [0.15, 0.2) is 0 Å². The molecule has 0 aliphatic carbocycles. The van der Waals surface area contributed by atoms with Gasteiger partial charge in [-0.1, -0.05) is 30.3 Å². The minimum atomic E-state index is -0.617. The lowest BCUT2D eigenvalue weighted by atomic mass is 9.88. The SMILES string of the molecule is NC(CO)(CCN1CCN2CCCC2C1)c1ccccc1. The van der Waals surface area contributed by atoms with Gasteiger partial charge in [-0.25, -0.2) is 0 Å². The summed E-state index contributed by atoms with van der Waals surface area (Å²) in [7, 11) is 0. The third kappa shape index (κ3) is 3.29. The Hall–Kier alpha value is -0.940. The second-order valence-corrected chi connectivity index (χ2v) is 6.56. The van der Waals surface area contributed by atoms with Gasteiger partial charge in [-0.2, -0.15) is 0 Å². The first kappa shape index (κ1) is 15.0. The van der Waals surface area contributed by atoms with E-state index in [1.165, 1.54) is 25.9 Å². The van der Waals surface area contributed by atoms with Crippen LogP contribution in [0.15, 0.2) is 30.3 Å². The van der Waals surface area contributed by atoms with Gasteiger partial charge in [0, 0.05) is 32.2 Å². The van der Waals surface area contributed by atoms with Crippen LogP contribution in [-0.4, -0.2) is 60.3 Å². The molecule has 4 nitrogen and oxygen atoms in total. The van der Waals surface area contributed by atoms with Gasteiger partial charge >= 0.3 is 0 Å². The second kappa shape index (κ2) is 6.44. The van der Waals surface area contributed by atoms with Crippen molar-refractivity contribution in [2.75, 3.05) is 39.3 Å². The zero-order valence-corrected chi connectivity index (χ0v) is 12.7. The van der Waals surface area contributed by atoms with E-state index in [0.717, 1.165) is 37.7 Å². The van der Waals surface area contributed by atoms with Crippen molar-refractivity contribution in [1.29, 1.82) is 0 Å². The van der Waals surface area contributed by atoms with Crippen molar-refractivity contribution in [2.24, 2.45) is 5.73 Å². The summed E-state index contributed by atoms with van der Waals surface area (Å²) in [4.78, 5) is 5.14. The highest BCUT2D eigenvalue weighted by atomic mass is 16.3. The molecule has 2 aliphatic heterocycles. The van der Waals surface area contributed by atoms with Crippen molar-refractivity contribution in [1.82, 2.24) is 9.80 Å². The van der Waals surface area contributed by atoms with E-state index >= 15 is 0 Å². The molecule has 1 aromatic carbocycles. The fourth-order valence-electron chi connectivity index (χ4n) is 3.70. The lowest BCUT2D eigenvalue weighted by Crippen LogP contribution is -2.52. The van der Waals surface area contributed by atoms with Gasteiger partial charge in [-0.05, 0) is 31.4 Å². The van der Waals surface area contributed by atoms with Crippen molar-refractivity contribution < 1.29 is 5.11 Å². The number of benzene rings is 1. The molecule has 0 bridgehead atoms. The maximum Gasteiger partial charge on any atom is 0.0656 e. The van der Waals surface area contributed by atoms with Crippen molar-refractivity contribution in [3.63, 3.8) is 0 Å². The molecule has 0 amide bonds. The van der Waals surface area contributed by atoms with Crippen LogP contribution in [0.5, 0.6) is 0 Å². The van der Waals surface area contributed by atoms with Crippen LogP contribution >= 0.6 is 0 Å². The van der Waals surface area contributed by atoms with E-state index in [0.29, 0.717) is 0 Å². The maximum absolute atomic E-state index is 9.77. The molecule has 21 heavy (non-hydrogen) atoms. The molecule has 2 atom stereocenters. The normalized spacial score (nSPS) is 26.5. The van der Waals surface area contributed by atoms with Gasteiger partial charge < -0.3 is 15.7 Å². The molecule has 2 saturated heterocycles. The van der Waals surface area contributed by atoms with Crippen LogP contribution < -0.4 is 5.73 Å². The standard InChI is InChI=1S/C17H27N3O/c18-17(14-21,15-5-2-1-3-6-15)8-10-19-11-12-20-9-4-7-16(20)13-19/h1-3,5-6,16,21H,4,7-14,18H2. The zero-order chi connectivity index (χ0) is 14.7. The summed E-state index contributed by atoms with van der Waals surface area (Å²) in [6.07, 6.45) is 3.49. The van der Waals surface area contributed by atoms with Gasteiger partial charge in [-0.15, -0.1) is 0 Å². The van der Waals surface area contributed by atoms with Crippen LogP contribution in [0.25, 0.3) is 0 Å². The quantitative estimate of drug-likeness (QED) is 0.849.